The van der Waals surface area contributed by atoms with Gasteiger partial charge < -0.3 is 14.6 Å². The molecular weight excluding hydrogens is 236 g/mol. The highest BCUT2D eigenvalue weighted by atomic mass is 16.5. The number of hydrogen-bond acceptors (Lipinski definition) is 5. The summed E-state index contributed by atoms with van der Waals surface area (Å²) in [5.41, 5.74) is 0.811. The number of aliphatic hydroxyl groups is 1. The van der Waals surface area contributed by atoms with Gasteiger partial charge in [-0.05, 0) is 25.0 Å². The lowest BCUT2D eigenvalue weighted by Gasteiger charge is -2.22. The molecule has 5 nitrogen and oxygen atoms in total. The molecule has 0 fully saturated rings. The van der Waals surface area contributed by atoms with Crippen LogP contribution >= 0.6 is 0 Å². The van der Waals surface area contributed by atoms with Gasteiger partial charge in [0.15, 0.2) is 0 Å². The maximum Gasteiger partial charge on any atom is 0.322 e. The second-order valence-corrected chi connectivity index (χ2v) is 4.13. The van der Waals surface area contributed by atoms with E-state index >= 15 is 0 Å². The molecule has 5 heteroatoms. The van der Waals surface area contributed by atoms with E-state index in [0.717, 1.165) is 5.56 Å². The molecule has 0 aromatic heterocycles. The van der Waals surface area contributed by atoms with Crippen molar-refractivity contribution in [2.24, 2.45) is 5.92 Å². The molecule has 18 heavy (non-hydrogen) atoms. The van der Waals surface area contributed by atoms with Crippen LogP contribution in [0, 0.1) is 5.92 Å². The molecular formula is C13H14O5. The molecule has 1 atom stereocenters. The minimum absolute atomic E-state index is 0.0801. The van der Waals surface area contributed by atoms with Crippen LogP contribution in [0.25, 0.3) is 0 Å². The van der Waals surface area contributed by atoms with Crippen molar-refractivity contribution in [3.63, 3.8) is 0 Å². The normalized spacial score (nSPS) is 17.9. The van der Waals surface area contributed by atoms with Crippen LogP contribution in [-0.2, 0) is 16.0 Å². The highest BCUT2D eigenvalue weighted by molar-refractivity contribution is 5.99. The number of esters is 1. The summed E-state index contributed by atoms with van der Waals surface area (Å²) in [6.45, 7) is 1.49. The van der Waals surface area contributed by atoms with Crippen LogP contribution in [0.1, 0.15) is 12.5 Å². The van der Waals surface area contributed by atoms with E-state index in [1.807, 2.05) is 0 Å². The number of aliphatic hydroxyl groups excluding tert-OH is 1. The van der Waals surface area contributed by atoms with Crippen molar-refractivity contribution < 1.29 is 24.2 Å². The van der Waals surface area contributed by atoms with Crippen molar-refractivity contribution in [1.29, 1.82) is 0 Å². The molecule has 0 radical (unpaired) electrons. The lowest BCUT2D eigenvalue weighted by molar-refractivity contribution is -0.144. The summed E-state index contributed by atoms with van der Waals surface area (Å²) in [5, 5.41) is 8.66. The maximum atomic E-state index is 11.6. The lowest BCUT2D eigenvalue weighted by Crippen LogP contribution is -2.32. The standard InChI is InChI=1S/C13H14O5/c1-8(15)11-6-9-2-3-10(17-5-4-14)7-12(9)18-13(11)16/h2-3,7,11,14H,4-6H2,1H3. The van der Waals surface area contributed by atoms with E-state index in [2.05, 4.69) is 0 Å². The third-order valence-electron chi connectivity index (χ3n) is 2.81. The molecule has 2 rings (SSSR count). The van der Waals surface area contributed by atoms with Gasteiger partial charge in [0.1, 0.15) is 29.8 Å². The number of rotatable bonds is 4. The number of Topliss-reactive ketones (excluding diaryl/α,β-unsaturated/α-hetero) is 1. The first kappa shape index (κ1) is 12.6. The summed E-state index contributed by atoms with van der Waals surface area (Å²) in [5.74, 6) is -0.466. The van der Waals surface area contributed by atoms with Crippen LogP contribution in [0.15, 0.2) is 18.2 Å². The number of carbonyl (C=O) groups is 2. The topological polar surface area (TPSA) is 72.8 Å². The monoisotopic (exact) mass is 250 g/mol. The molecule has 1 aromatic carbocycles. The fraction of sp³-hybridized carbons (Fsp3) is 0.385. The first-order chi connectivity index (χ1) is 8.61. The fourth-order valence-corrected chi connectivity index (χ4v) is 1.84. The van der Waals surface area contributed by atoms with Gasteiger partial charge in [-0.25, -0.2) is 0 Å². The van der Waals surface area contributed by atoms with Crippen LogP contribution in [-0.4, -0.2) is 30.1 Å². The Morgan fingerprint density at radius 3 is 3.00 bits per heavy atom. The Balaban J connectivity index is 2.20. The van der Waals surface area contributed by atoms with Crippen LogP contribution < -0.4 is 9.47 Å². The Bertz CT molecular complexity index is 480. The molecule has 1 aromatic rings. The van der Waals surface area contributed by atoms with Crippen LogP contribution in [0.5, 0.6) is 11.5 Å². The molecule has 0 saturated carbocycles. The van der Waals surface area contributed by atoms with Gasteiger partial charge in [0.2, 0.25) is 0 Å². The molecule has 1 heterocycles. The number of carbonyl (C=O) groups excluding carboxylic acids is 2. The van der Waals surface area contributed by atoms with Crippen molar-refractivity contribution >= 4 is 11.8 Å². The zero-order valence-electron chi connectivity index (χ0n) is 10.0. The Hall–Kier alpha value is -1.88. The van der Waals surface area contributed by atoms with Gasteiger partial charge in [-0.3, -0.25) is 9.59 Å². The van der Waals surface area contributed by atoms with E-state index in [-0.39, 0.29) is 19.0 Å². The zero-order chi connectivity index (χ0) is 13.1. The third-order valence-corrected chi connectivity index (χ3v) is 2.81. The predicted molar refractivity (Wildman–Crippen MR) is 62.5 cm³/mol. The SMILES string of the molecule is CC(=O)C1Cc2ccc(OCCO)cc2OC1=O. The molecule has 0 aliphatic carbocycles. The van der Waals surface area contributed by atoms with Gasteiger partial charge in [-0.15, -0.1) is 0 Å². The summed E-state index contributed by atoms with van der Waals surface area (Å²) in [7, 11) is 0. The smallest absolute Gasteiger partial charge is 0.322 e. The largest absolute Gasteiger partial charge is 0.491 e. The molecule has 1 unspecified atom stereocenters. The summed E-state index contributed by atoms with van der Waals surface area (Å²) in [4.78, 5) is 22.9. The van der Waals surface area contributed by atoms with Crippen molar-refractivity contribution in [2.75, 3.05) is 13.2 Å². The van der Waals surface area contributed by atoms with Gasteiger partial charge >= 0.3 is 5.97 Å². The number of ketones is 1. The van der Waals surface area contributed by atoms with Crippen LogP contribution in [0.4, 0.5) is 0 Å². The number of ether oxygens (including phenoxy) is 2. The van der Waals surface area contributed by atoms with Gasteiger partial charge in [0.05, 0.1) is 6.61 Å². The molecule has 0 bridgehead atoms. The van der Waals surface area contributed by atoms with Crippen LogP contribution in [0.2, 0.25) is 0 Å². The number of benzene rings is 1. The van der Waals surface area contributed by atoms with Crippen molar-refractivity contribution in [3.05, 3.63) is 23.8 Å². The fourth-order valence-electron chi connectivity index (χ4n) is 1.84. The quantitative estimate of drug-likeness (QED) is 0.484. The van der Waals surface area contributed by atoms with Crippen LogP contribution in [0.3, 0.4) is 0 Å². The highest BCUT2D eigenvalue weighted by Crippen LogP contribution is 2.31. The average molecular weight is 250 g/mol. The van der Waals surface area contributed by atoms with Gasteiger partial charge in [-0.1, -0.05) is 6.07 Å². The first-order valence-electron chi connectivity index (χ1n) is 5.70. The molecule has 0 amide bonds. The van der Waals surface area contributed by atoms with Crippen molar-refractivity contribution in [2.45, 2.75) is 13.3 Å². The molecule has 1 aliphatic rings. The Morgan fingerprint density at radius 2 is 2.33 bits per heavy atom. The van der Waals surface area contributed by atoms with E-state index in [0.29, 0.717) is 17.9 Å². The second kappa shape index (κ2) is 5.18. The Kier molecular flexibility index (Phi) is 3.62. The average Bonchev–Trinajstić information content (AvgIpc) is 2.34. The maximum absolute atomic E-state index is 11.6. The first-order valence-corrected chi connectivity index (χ1v) is 5.70. The van der Waals surface area contributed by atoms with Gasteiger partial charge in [0, 0.05) is 6.07 Å². The van der Waals surface area contributed by atoms with E-state index in [1.54, 1.807) is 18.2 Å². The van der Waals surface area contributed by atoms with E-state index in [9.17, 15) is 9.59 Å². The van der Waals surface area contributed by atoms with E-state index in [1.165, 1.54) is 6.92 Å². The minimum atomic E-state index is -0.707. The molecule has 1 aliphatic heterocycles. The summed E-state index contributed by atoms with van der Waals surface area (Å²) in [6.07, 6.45) is 0.365. The molecule has 96 valence electrons. The minimum Gasteiger partial charge on any atom is -0.491 e. The number of fused-ring (bicyclic) bond motifs is 1. The third kappa shape index (κ3) is 2.51. The van der Waals surface area contributed by atoms with E-state index in [4.69, 9.17) is 14.6 Å². The number of hydrogen-bond donors (Lipinski definition) is 1. The van der Waals surface area contributed by atoms with E-state index < -0.39 is 11.9 Å². The molecule has 0 spiro atoms. The van der Waals surface area contributed by atoms with Crippen molar-refractivity contribution in [3.8, 4) is 11.5 Å². The summed E-state index contributed by atoms with van der Waals surface area (Å²) >= 11 is 0. The van der Waals surface area contributed by atoms with Gasteiger partial charge in [0.25, 0.3) is 0 Å². The second-order valence-electron chi connectivity index (χ2n) is 4.13. The summed E-state index contributed by atoms with van der Waals surface area (Å²) < 4.78 is 10.3. The van der Waals surface area contributed by atoms with Crippen molar-refractivity contribution in [1.82, 2.24) is 0 Å². The Labute approximate surface area is 104 Å². The predicted octanol–water partition coefficient (Wildman–Crippen LogP) is 0.724. The van der Waals surface area contributed by atoms with Gasteiger partial charge in [-0.2, -0.15) is 0 Å². The molecule has 1 N–H and O–H groups in total. The Morgan fingerprint density at radius 1 is 1.56 bits per heavy atom. The molecule has 0 saturated heterocycles. The zero-order valence-corrected chi connectivity index (χ0v) is 10.0. The highest BCUT2D eigenvalue weighted by Gasteiger charge is 2.31. The lowest BCUT2D eigenvalue weighted by atomic mass is 9.93. The summed E-state index contributed by atoms with van der Waals surface area (Å²) in [6, 6.07) is 5.09.